The lowest BCUT2D eigenvalue weighted by Crippen LogP contribution is -2.22. The van der Waals surface area contributed by atoms with Gasteiger partial charge in [-0.1, -0.05) is 6.07 Å². The van der Waals surface area contributed by atoms with Gasteiger partial charge in [0.1, 0.15) is 22.6 Å². The van der Waals surface area contributed by atoms with Crippen LogP contribution >= 0.6 is 11.3 Å². The number of carbonyl (C=O) groups is 1. The largest absolute Gasteiger partial charge is 0.545 e. The summed E-state index contributed by atoms with van der Waals surface area (Å²) in [5, 5.41) is 13.0. The summed E-state index contributed by atoms with van der Waals surface area (Å²) in [5.74, 6) is -0.0795. The molecule has 0 saturated heterocycles. The van der Waals surface area contributed by atoms with E-state index in [1.165, 1.54) is 24.5 Å². The van der Waals surface area contributed by atoms with Crippen molar-refractivity contribution in [2.45, 2.75) is 0 Å². The van der Waals surface area contributed by atoms with Crippen LogP contribution in [0.1, 0.15) is 10.4 Å². The molecule has 1 aromatic carbocycles. The molecule has 0 aliphatic rings. The minimum Gasteiger partial charge on any atom is -0.545 e. The van der Waals surface area contributed by atoms with Crippen LogP contribution in [0, 0.1) is 0 Å². The van der Waals surface area contributed by atoms with E-state index in [1.807, 2.05) is 17.5 Å². The van der Waals surface area contributed by atoms with Gasteiger partial charge in [-0.2, -0.15) is 0 Å². The van der Waals surface area contributed by atoms with Crippen molar-refractivity contribution in [3.63, 3.8) is 0 Å². The van der Waals surface area contributed by atoms with Crippen LogP contribution in [-0.2, 0) is 0 Å². The van der Waals surface area contributed by atoms with Crippen molar-refractivity contribution in [3.05, 3.63) is 35.2 Å². The smallest absolute Gasteiger partial charge is 0.148 e. The molecule has 19 heavy (non-hydrogen) atoms. The predicted molar refractivity (Wildman–Crippen MR) is 70.3 cm³/mol. The number of imidazole rings is 1. The maximum absolute atomic E-state index is 11.1. The fraction of sp³-hybridized carbons (Fsp3) is 0.0769. The van der Waals surface area contributed by atoms with Gasteiger partial charge in [-0.25, -0.2) is 4.98 Å². The molecule has 0 amide bonds. The van der Waals surface area contributed by atoms with Crippen LogP contribution in [0.15, 0.2) is 29.6 Å². The summed E-state index contributed by atoms with van der Waals surface area (Å²) in [7, 11) is 1.53. The highest BCUT2D eigenvalue weighted by Gasteiger charge is 2.14. The molecular formula is C13H9N2O3S-. The molecular weight excluding hydrogens is 264 g/mol. The number of nitrogens with one attached hydrogen (secondary N) is 1. The van der Waals surface area contributed by atoms with Crippen molar-refractivity contribution in [1.29, 1.82) is 0 Å². The van der Waals surface area contributed by atoms with Crippen LogP contribution in [0.5, 0.6) is 5.75 Å². The van der Waals surface area contributed by atoms with E-state index in [-0.39, 0.29) is 5.56 Å². The number of methoxy groups -OCH3 is 1. The van der Waals surface area contributed by atoms with Crippen molar-refractivity contribution < 1.29 is 14.6 Å². The van der Waals surface area contributed by atoms with Gasteiger partial charge in [0.05, 0.1) is 18.0 Å². The van der Waals surface area contributed by atoms with Gasteiger partial charge in [0, 0.05) is 5.56 Å². The molecule has 2 aromatic heterocycles. The number of fused-ring (bicyclic) bond motifs is 1. The molecule has 0 radical (unpaired) electrons. The maximum atomic E-state index is 11.1. The van der Waals surface area contributed by atoms with Crippen molar-refractivity contribution in [3.8, 4) is 16.5 Å². The quantitative estimate of drug-likeness (QED) is 0.787. The van der Waals surface area contributed by atoms with E-state index >= 15 is 0 Å². The number of ether oxygens (including phenoxy) is 1. The second kappa shape index (κ2) is 4.40. The normalized spacial score (nSPS) is 10.8. The standard InChI is InChI=1S/C13H10N2O3S/c1-18-8-5-4-7(13(16)17)10-11(8)15-12(14-10)9-3-2-6-19-9/h2-6H,1H3,(H,14,15)(H,16,17)/p-1. The highest BCUT2D eigenvalue weighted by molar-refractivity contribution is 7.13. The van der Waals surface area contributed by atoms with Crippen LogP contribution < -0.4 is 9.84 Å². The molecule has 0 fully saturated rings. The number of aromatic amines is 1. The van der Waals surface area contributed by atoms with Gasteiger partial charge in [0.2, 0.25) is 0 Å². The molecule has 0 saturated carbocycles. The number of carboxylic acid groups (broad SMARTS) is 1. The van der Waals surface area contributed by atoms with Gasteiger partial charge in [-0.3, -0.25) is 0 Å². The summed E-state index contributed by atoms with van der Waals surface area (Å²) in [6, 6.07) is 6.84. The van der Waals surface area contributed by atoms with Crippen molar-refractivity contribution >= 4 is 28.3 Å². The van der Waals surface area contributed by atoms with E-state index in [4.69, 9.17) is 4.74 Å². The SMILES string of the molecule is COc1ccc(C(=O)[O-])c2nc(-c3cccs3)[nH]c12. The number of hydrogen-bond acceptors (Lipinski definition) is 5. The predicted octanol–water partition coefficient (Wildman–Crippen LogP) is 1.66. The van der Waals surface area contributed by atoms with E-state index in [2.05, 4.69) is 9.97 Å². The number of H-pyrrole nitrogens is 1. The van der Waals surface area contributed by atoms with Gasteiger partial charge in [0.25, 0.3) is 0 Å². The zero-order chi connectivity index (χ0) is 13.4. The molecule has 0 aliphatic carbocycles. The first-order valence-corrected chi connectivity index (χ1v) is 6.40. The lowest BCUT2D eigenvalue weighted by Gasteiger charge is -2.05. The average molecular weight is 273 g/mol. The Balaban J connectivity index is 2.30. The van der Waals surface area contributed by atoms with Crippen LogP contribution in [0.4, 0.5) is 0 Å². The lowest BCUT2D eigenvalue weighted by atomic mass is 10.2. The molecule has 3 rings (SSSR count). The minimum absolute atomic E-state index is 0.0508. The highest BCUT2D eigenvalue weighted by atomic mass is 32.1. The number of carboxylic acids is 1. The number of benzene rings is 1. The Bertz CT molecular complexity index is 747. The maximum Gasteiger partial charge on any atom is 0.148 e. The van der Waals surface area contributed by atoms with E-state index in [0.29, 0.717) is 22.6 Å². The molecule has 2 heterocycles. The molecule has 96 valence electrons. The monoisotopic (exact) mass is 273 g/mol. The molecule has 0 atom stereocenters. The van der Waals surface area contributed by atoms with Crippen molar-refractivity contribution in [2.75, 3.05) is 7.11 Å². The first kappa shape index (κ1) is 11.7. The van der Waals surface area contributed by atoms with Gasteiger partial charge in [-0.15, -0.1) is 11.3 Å². The van der Waals surface area contributed by atoms with E-state index in [9.17, 15) is 9.90 Å². The molecule has 0 bridgehead atoms. The highest BCUT2D eigenvalue weighted by Crippen LogP contribution is 2.31. The minimum atomic E-state index is -1.25. The van der Waals surface area contributed by atoms with Gasteiger partial charge in [-0.05, 0) is 23.6 Å². The fourth-order valence-electron chi connectivity index (χ4n) is 1.93. The molecule has 1 N–H and O–H groups in total. The van der Waals surface area contributed by atoms with Crippen LogP contribution in [0.25, 0.3) is 21.7 Å². The summed E-state index contributed by atoms with van der Waals surface area (Å²) in [5.41, 5.74) is 0.963. The Morgan fingerprint density at radius 1 is 1.42 bits per heavy atom. The van der Waals surface area contributed by atoms with Crippen LogP contribution in [-0.4, -0.2) is 23.0 Å². The van der Waals surface area contributed by atoms with E-state index < -0.39 is 5.97 Å². The number of aromatic nitrogens is 2. The number of rotatable bonds is 3. The molecule has 5 nitrogen and oxygen atoms in total. The summed E-state index contributed by atoms with van der Waals surface area (Å²) in [6.07, 6.45) is 0. The number of hydrogen-bond donors (Lipinski definition) is 1. The Kier molecular flexibility index (Phi) is 2.72. The molecule has 0 spiro atoms. The second-order valence-corrected chi connectivity index (χ2v) is 4.84. The number of carbonyl (C=O) groups excluding carboxylic acids is 1. The molecule has 0 unspecified atom stereocenters. The summed E-state index contributed by atoms with van der Waals surface area (Å²) < 4.78 is 5.21. The zero-order valence-electron chi connectivity index (χ0n) is 9.97. The third-order valence-electron chi connectivity index (χ3n) is 2.80. The van der Waals surface area contributed by atoms with Gasteiger partial charge < -0.3 is 19.6 Å². The Labute approximate surface area is 112 Å². The lowest BCUT2D eigenvalue weighted by molar-refractivity contribution is -0.254. The van der Waals surface area contributed by atoms with E-state index in [1.54, 1.807) is 6.07 Å². The number of nitrogens with zero attached hydrogens (tertiary/aromatic N) is 1. The third kappa shape index (κ3) is 1.86. The summed E-state index contributed by atoms with van der Waals surface area (Å²) in [6.45, 7) is 0. The van der Waals surface area contributed by atoms with Gasteiger partial charge in [0.15, 0.2) is 0 Å². The first-order valence-electron chi connectivity index (χ1n) is 5.52. The molecule has 3 aromatic rings. The fourth-order valence-corrected chi connectivity index (χ4v) is 2.60. The van der Waals surface area contributed by atoms with Crippen molar-refractivity contribution in [1.82, 2.24) is 9.97 Å². The second-order valence-electron chi connectivity index (χ2n) is 3.89. The number of aromatic carboxylic acids is 1. The average Bonchev–Trinajstić information content (AvgIpc) is 3.05. The Morgan fingerprint density at radius 2 is 2.26 bits per heavy atom. The van der Waals surface area contributed by atoms with E-state index in [0.717, 1.165) is 4.88 Å². The Morgan fingerprint density at radius 3 is 2.89 bits per heavy atom. The van der Waals surface area contributed by atoms with Crippen LogP contribution in [0.2, 0.25) is 0 Å². The molecule has 0 aliphatic heterocycles. The first-order chi connectivity index (χ1) is 9.20. The third-order valence-corrected chi connectivity index (χ3v) is 3.68. The summed E-state index contributed by atoms with van der Waals surface area (Å²) >= 11 is 1.52. The summed E-state index contributed by atoms with van der Waals surface area (Å²) in [4.78, 5) is 19.5. The van der Waals surface area contributed by atoms with Crippen molar-refractivity contribution in [2.24, 2.45) is 0 Å². The number of thiophene rings is 1. The van der Waals surface area contributed by atoms with Crippen LogP contribution in [0.3, 0.4) is 0 Å². The Hall–Kier alpha value is -2.34. The van der Waals surface area contributed by atoms with Gasteiger partial charge >= 0.3 is 0 Å². The topological polar surface area (TPSA) is 78.0 Å². The molecule has 6 heteroatoms. The zero-order valence-corrected chi connectivity index (χ0v) is 10.8.